The van der Waals surface area contributed by atoms with Crippen LogP contribution < -0.4 is 10.1 Å². The predicted molar refractivity (Wildman–Crippen MR) is 90.1 cm³/mol. The summed E-state index contributed by atoms with van der Waals surface area (Å²) in [5.41, 5.74) is 0.0973. The van der Waals surface area contributed by atoms with Crippen LogP contribution in [-0.4, -0.2) is 29.5 Å². The maximum absolute atomic E-state index is 13.0. The summed E-state index contributed by atoms with van der Waals surface area (Å²) in [5, 5.41) is 2.98. The van der Waals surface area contributed by atoms with Crippen molar-refractivity contribution in [1.82, 2.24) is 10.2 Å². The second kappa shape index (κ2) is 6.15. The Hall–Kier alpha value is -1.56. The van der Waals surface area contributed by atoms with E-state index < -0.39 is 5.54 Å². The number of hydrogen-bond acceptors (Lipinski definition) is 3. The number of ether oxygens (including phenoxy) is 1. The van der Waals surface area contributed by atoms with Crippen molar-refractivity contribution in [2.45, 2.75) is 44.7 Å². The summed E-state index contributed by atoms with van der Waals surface area (Å²) in [6.45, 7) is 2.28. The smallest absolute Gasteiger partial charge is 0.325 e. The molecule has 1 saturated carbocycles. The van der Waals surface area contributed by atoms with Crippen molar-refractivity contribution in [3.63, 3.8) is 0 Å². The number of carbonyl (C=O) groups is 2. The van der Waals surface area contributed by atoms with E-state index in [-0.39, 0.29) is 24.4 Å². The zero-order valence-electron chi connectivity index (χ0n) is 13.4. The quantitative estimate of drug-likeness (QED) is 0.816. The van der Waals surface area contributed by atoms with Gasteiger partial charge in [0.2, 0.25) is 0 Å². The molecule has 1 aromatic rings. The van der Waals surface area contributed by atoms with Crippen LogP contribution in [0.15, 0.2) is 22.7 Å². The number of rotatable bonds is 3. The molecule has 1 N–H and O–H groups in total. The maximum Gasteiger partial charge on any atom is 0.325 e. The van der Waals surface area contributed by atoms with Crippen molar-refractivity contribution in [3.05, 3.63) is 28.2 Å². The molecule has 1 heterocycles. The Morgan fingerprint density at radius 3 is 2.87 bits per heavy atom. The third-order valence-corrected chi connectivity index (χ3v) is 5.57. The average Bonchev–Trinajstić information content (AvgIpc) is 2.76. The van der Waals surface area contributed by atoms with Gasteiger partial charge in [-0.1, -0.05) is 35.7 Å². The predicted octanol–water partition coefficient (Wildman–Crippen LogP) is 3.46. The molecule has 0 radical (unpaired) electrons. The number of urea groups is 1. The Morgan fingerprint density at radius 1 is 1.39 bits per heavy atom. The minimum Gasteiger partial charge on any atom is -0.496 e. The molecule has 2 fully saturated rings. The first-order valence-electron chi connectivity index (χ1n) is 7.94. The van der Waals surface area contributed by atoms with E-state index in [0.29, 0.717) is 5.75 Å². The number of carbonyl (C=O) groups excluding carboxylic acids is 2. The lowest BCUT2D eigenvalue weighted by Crippen LogP contribution is -2.53. The number of nitrogens with zero attached hydrogens (tertiary/aromatic N) is 1. The van der Waals surface area contributed by atoms with Gasteiger partial charge < -0.3 is 10.1 Å². The minimum atomic E-state index is -0.714. The lowest BCUT2D eigenvalue weighted by molar-refractivity contribution is -0.134. The second-order valence-corrected chi connectivity index (χ2v) is 7.31. The van der Waals surface area contributed by atoms with Crippen LogP contribution in [0, 0.1) is 5.92 Å². The molecule has 1 spiro atoms. The summed E-state index contributed by atoms with van der Waals surface area (Å²) in [6, 6.07) is 5.29. The minimum absolute atomic E-state index is 0.100. The highest BCUT2D eigenvalue weighted by molar-refractivity contribution is 9.10. The molecule has 1 saturated heterocycles. The lowest BCUT2D eigenvalue weighted by Gasteiger charge is -2.36. The Labute approximate surface area is 144 Å². The molecule has 5 nitrogen and oxygen atoms in total. The highest BCUT2D eigenvalue weighted by atomic mass is 79.9. The van der Waals surface area contributed by atoms with Gasteiger partial charge in [-0.05, 0) is 37.0 Å². The fraction of sp³-hybridized carbons (Fsp3) is 0.529. The van der Waals surface area contributed by atoms with E-state index in [4.69, 9.17) is 4.74 Å². The van der Waals surface area contributed by atoms with Crippen molar-refractivity contribution in [2.24, 2.45) is 5.92 Å². The van der Waals surface area contributed by atoms with Crippen LogP contribution in [0.2, 0.25) is 0 Å². The summed E-state index contributed by atoms with van der Waals surface area (Å²) >= 11 is 3.43. The van der Waals surface area contributed by atoms with Gasteiger partial charge >= 0.3 is 6.03 Å². The van der Waals surface area contributed by atoms with Crippen molar-refractivity contribution in [2.75, 3.05) is 7.11 Å². The van der Waals surface area contributed by atoms with Gasteiger partial charge in [0.05, 0.1) is 13.7 Å². The third-order valence-electron chi connectivity index (χ3n) is 5.07. The molecular formula is C17H21BrN2O3. The summed E-state index contributed by atoms with van der Waals surface area (Å²) in [4.78, 5) is 26.7. The van der Waals surface area contributed by atoms with Gasteiger partial charge in [0.1, 0.15) is 11.3 Å². The topological polar surface area (TPSA) is 58.6 Å². The first-order valence-corrected chi connectivity index (χ1v) is 8.74. The van der Waals surface area contributed by atoms with Gasteiger partial charge in [-0.3, -0.25) is 9.69 Å². The molecule has 3 amide bonds. The highest BCUT2D eigenvalue weighted by Crippen LogP contribution is 2.39. The highest BCUT2D eigenvalue weighted by Gasteiger charge is 2.54. The first-order chi connectivity index (χ1) is 11.0. The molecule has 0 unspecified atom stereocenters. The van der Waals surface area contributed by atoms with Crippen LogP contribution in [0.3, 0.4) is 0 Å². The summed E-state index contributed by atoms with van der Waals surface area (Å²) < 4.78 is 6.24. The Morgan fingerprint density at radius 2 is 2.17 bits per heavy atom. The molecule has 0 aromatic heterocycles. The van der Waals surface area contributed by atoms with E-state index >= 15 is 0 Å². The van der Waals surface area contributed by atoms with E-state index in [1.807, 2.05) is 18.2 Å². The summed E-state index contributed by atoms with van der Waals surface area (Å²) in [5.74, 6) is 0.741. The van der Waals surface area contributed by atoms with Gasteiger partial charge in [0.15, 0.2) is 0 Å². The molecule has 1 aliphatic heterocycles. The molecule has 1 aromatic carbocycles. The van der Waals surface area contributed by atoms with Crippen LogP contribution in [-0.2, 0) is 11.3 Å². The van der Waals surface area contributed by atoms with Crippen LogP contribution >= 0.6 is 15.9 Å². The number of amides is 3. The van der Waals surface area contributed by atoms with Gasteiger partial charge in [0, 0.05) is 10.0 Å². The number of benzene rings is 1. The van der Waals surface area contributed by atoms with Gasteiger partial charge in [-0.2, -0.15) is 0 Å². The molecule has 124 valence electrons. The van der Waals surface area contributed by atoms with E-state index in [2.05, 4.69) is 28.2 Å². The van der Waals surface area contributed by atoms with E-state index in [1.54, 1.807) is 7.11 Å². The number of hydrogen-bond donors (Lipinski definition) is 1. The number of imide groups is 1. The Bertz CT molecular complexity index is 649. The van der Waals surface area contributed by atoms with Crippen molar-refractivity contribution in [1.29, 1.82) is 0 Å². The fourth-order valence-electron chi connectivity index (χ4n) is 3.68. The molecule has 2 aliphatic rings. The van der Waals surface area contributed by atoms with E-state index in [9.17, 15) is 9.59 Å². The van der Waals surface area contributed by atoms with E-state index in [0.717, 1.165) is 35.7 Å². The van der Waals surface area contributed by atoms with Gasteiger partial charge in [-0.25, -0.2) is 4.79 Å². The normalized spacial score (nSPS) is 27.4. The SMILES string of the molecule is COc1ccc(Br)cc1CN1C(=O)N[C@]2(CCCC[C@H]2C)C1=O. The summed E-state index contributed by atoms with van der Waals surface area (Å²) in [6.07, 6.45) is 3.79. The first kappa shape index (κ1) is 16.3. The lowest BCUT2D eigenvalue weighted by atomic mass is 9.73. The van der Waals surface area contributed by atoms with Crippen molar-refractivity contribution in [3.8, 4) is 5.75 Å². The monoisotopic (exact) mass is 380 g/mol. The number of nitrogens with one attached hydrogen (secondary N) is 1. The van der Waals surface area contributed by atoms with Crippen LogP contribution in [0.25, 0.3) is 0 Å². The zero-order chi connectivity index (χ0) is 16.6. The number of methoxy groups -OCH3 is 1. The average molecular weight is 381 g/mol. The molecule has 1 aliphatic carbocycles. The zero-order valence-corrected chi connectivity index (χ0v) is 15.0. The van der Waals surface area contributed by atoms with Crippen LogP contribution in [0.5, 0.6) is 5.75 Å². The Balaban J connectivity index is 1.88. The van der Waals surface area contributed by atoms with Crippen LogP contribution in [0.1, 0.15) is 38.2 Å². The molecule has 3 rings (SSSR count). The molecule has 0 bridgehead atoms. The third kappa shape index (κ3) is 2.73. The maximum atomic E-state index is 13.0. The van der Waals surface area contributed by atoms with Crippen molar-refractivity contribution < 1.29 is 14.3 Å². The Kier molecular flexibility index (Phi) is 4.36. The van der Waals surface area contributed by atoms with Crippen molar-refractivity contribution >= 4 is 27.9 Å². The fourth-order valence-corrected chi connectivity index (χ4v) is 4.09. The molecule has 2 atom stereocenters. The number of halogens is 1. The molecule has 23 heavy (non-hydrogen) atoms. The standard InChI is InChI=1S/C17H21BrN2O3/c1-11-5-3-4-8-17(11)15(21)20(16(22)19-17)10-12-9-13(18)6-7-14(12)23-2/h6-7,9,11H,3-5,8,10H2,1-2H3,(H,19,22)/t11-,17+/m1/s1. The largest absolute Gasteiger partial charge is 0.496 e. The molecule has 6 heteroatoms. The van der Waals surface area contributed by atoms with Gasteiger partial charge in [-0.15, -0.1) is 0 Å². The molecular weight excluding hydrogens is 360 g/mol. The van der Waals surface area contributed by atoms with Gasteiger partial charge in [0.25, 0.3) is 5.91 Å². The van der Waals surface area contributed by atoms with E-state index in [1.165, 1.54) is 4.90 Å². The van der Waals surface area contributed by atoms with Crippen LogP contribution in [0.4, 0.5) is 4.79 Å². The summed E-state index contributed by atoms with van der Waals surface area (Å²) in [7, 11) is 1.59. The second-order valence-electron chi connectivity index (χ2n) is 6.40.